The Hall–Kier alpha value is -2.25. The minimum absolute atomic E-state index is 0.0421. The van der Waals surface area contributed by atoms with E-state index in [-0.39, 0.29) is 6.42 Å². The van der Waals surface area contributed by atoms with Crippen LogP contribution in [0.15, 0.2) is 10.7 Å². The summed E-state index contributed by atoms with van der Waals surface area (Å²) >= 11 is 0. The van der Waals surface area contributed by atoms with Gasteiger partial charge in [-0.3, -0.25) is 4.79 Å². The van der Waals surface area contributed by atoms with Gasteiger partial charge < -0.3 is 9.63 Å². The Morgan fingerprint density at radius 2 is 2.30 bits per heavy atom. The van der Waals surface area contributed by atoms with Crippen molar-refractivity contribution in [2.45, 2.75) is 45.6 Å². The number of aliphatic carboxylic acids is 1. The van der Waals surface area contributed by atoms with Crippen LogP contribution in [0.4, 0.5) is 0 Å². The Kier molecular flexibility index (Phi) is 4.80. The molecular weight excluding hydrogens is 262 g/mol. The Morgan fingerprint density at radius 1 is 1.45 bits per heavy atom. The Morgan fingerprint density at radius 3 is 3.05 bits per heavy atom. The maximum Gasteiger partial charge on any atom is 0.303 e. The maximum absolute atomic E-state index is 10.5. The van der Waals surface area contributed by atoms with Gasteiger partial charge in [0.1, 0.15) is 6.54 Å². The first-order valence-electron chi connectivity index (χ1n) is 6.59. The molecule has 0 saturated heterocycles. The van der Waals surface area contributed by atoms with E-state index in [1.165, 1.54) is 0 Å². The molecule has 1 N–H and O–H groups in total. The quantitative estimate of drug-likeness (QED) is 0.770. The van der Waals surface area contributed by atoms with Crippen molar-refractivity contribution in [2.75, 3.05) is 0 Å². The number of rotatable bonds is 8. The number of nitrogens with zero attached hydrogens (tertiary/aromatic N) is 5. The van der Waals surface area contributed by atoms with E-state index in [4.69, 9.17) is 9.63 Å². The molecule has 0 aliphatic carbocycles. The van der Waals surface area contributed by atoms with Crippen LogP contribution < -0.4 is 0 Å². The SMILES string of the molecule is CCCCc1noc(Cn2cc(CCC(=O)O)nn2)n1. The van der Waals surface area contributed by atoms with Gasteiger partial charge in [-0.1, -0.05) is 23.7 Å². The fraction of sp³-hybridized carbons (Fsp3) is 0.583. The minimum Gasteiger partial charge on any atom is -0.481 e. The Bertz CT molecular complexity index is 563. The summed E-state index contributed by atoms with van der Waals surface area (Å²) in [4.78, 5) is 14.7. The number of unbranched alkanes of at least 4 members (excludes halogenated alkanes) is 1. The van der Waals surface area contributed by atoms with Gasteiger partial charge in [0, 0.05) is 19.0 Å². The Balaban J connectivity index is 1.89. The van der Waals surface area contributed by atoms with Crippen LogP contribution in [0.2, 0.25) is 0 Å². The van der Waals surface area contributed by atoms with Gasteiger partial charge in [0.15, 0.2) is 5.82 Å². The summed E-state index contributed by atoms with van der Waals surface area (Å²) in [5, 5.41) is 20.3. The number of carboxylic acid groups (broad SMARTS) is 1. The van der Waals surface area contributed by atoms with Crippen LogP contribution >= 0.6 is 0 Å². The molecule has 0 unspecified atom stereocenters. The molecule has 0 atom stereocenters. The smallest absolute Gasteiger partial charge is 0.303 e. The number of carboxylic acids is 1. The first-order chi connectivity index (χ1) is 9.67. The summed E-state index contributed by atoms with van der Waals surface area (Å²) in [7, 11) is 0. The molecule has 0 saturated carbocycles. The van der Waals surface area contributed by atoms with Crippen molar-refractivity contribution in [3.05, 3.63) is 23.6 Å². The molecule has 2 aromatic rings. The van der Waals surface area contributed by atoms with Gasteiger partial charge in [-0.2, -0.15) is 4.98 Å². The van der Waals surface area contributed by atoms with E-state index in [1.54, 1.807) is 10.9 Å². The largest absolute Gasteiger partial charge is 0.481 e. The molecule has 2 heterocycles. The van der Waals surface area contributed by atoms with Crippen LogP contribution in [0, 0.1) is 0 Å². The molecular formula is C12H17N5O3. The van der Waals surface area contributed by atoms with Crippen molar-refractivity contribution in [1.29, 1.82) is 0 Å². The van der Waals surface area contributed by atoms with Gasteiger partial charge in [0.2, 0.25) is 5.89 Å². The predicted octanol–water partition coefficient (Wildman–Crippen LogP) is 1.07. The van der Waals surface area contributed by atoms with Crippen molar-refractivity contribution in [2.24, 2.45) is 0 Å². The lowest BCUT2D eigenvalue weighted by Gasteiger charge is -1.93. The lowest BCUT2D eigenvalue weighted by atomic mass is 10.2. The summed E-state index contributed by atoms with van der Waals surface area (Å²) in [6.45, 7) is 2.45. The predicted molar refractivity (Wildman–Crippen MR) is 68.0 cm³/mol. The van der Waals surface area contributed by atoms with Gasteiger partial charge in [0.05, 0.1) is 12.1 Å². The normalized spacial score (nSPS) is 10.8. The van der Waals surface area contributed by atoms with Crippen LogP contribution in [0.25, 0.3) is 0 Å². The van der Waals surface area contributed by atoms with Crippen LogP contribution in [0.5, 0.6) is 0 Å². The first-order valence-corrected chi connectivity index (χ1v) is 6.59. The van der Waals surface area contributed by atoms with Gasteiger partial charge in [-0.15, -0.1) is 5.10 Å². The molecule has 20 heavy (non-hydrogen) atoms. The first kappa shape index (κ1) is 14.2. The zero-order chi connectivity index (χ0) is 14.4. The standard InChI is InChI=1S/C12H17N5O3/c1-2-3-4-10-13-11(20-15-10)8-17-7-9(14-16-17)5-6-12(18)19/h7H,2-6,8H2,1H3,(H,18,19). The lowest BCUT2D eigenvalue weighted by Crippen LogP contribution is -2.01. The van der Waals surface area contributed by atoms with E-state index in [2.05, 4.69) is 27.4 Å². The van der Waals surface area contributed by atoms with Crippen molar-refractivity contribution in [3.8, 4) is 0 Å². The van der Waals surface area contributed by atoms with Crippen molar-refractivity contribution >= 4 is 5.97 Å². The number of hydrogen-bond donors (Lipinski definition) is 1. The molecule has 0 bridgehead atoms. The van der Waals surface area contributed by atoms with E-state index in [9.17, 15) is 4.79 Å². The minimum atomic E-state index is -0.850. The fourth-order valence-corrected chi connectivity index (χ4v) is 1.69. The Labute approximate surface area is 115 Å². The lowest BCUT2D eigenvalue weighted by molar-refractivity contribution is -0.136. The molecule has 0 aliphatic rings. The van der Waals surface area contributed by atoms with Crippen molar-refractivity contribution < 1.29 is 14.4 Å². The third-order valence-corrected chi connectivity index (χ3v) is 2.74. The van der Waals surface area contributed by atoms with Crippen LogP contribution in [-0.2, 0) is 24.2 Å². The third-order valence-electron chi connectivity index (χ3n) is 2.74. The maximum atomic E-state index is 10.5. The van der Waals surface area contributed by atoms with E-state index in [0.717, 1.165) is 19.3 Å². The molecule has 0 radical (unpaired) electrons. The summed E-state index contributed by atoms with van der Waals surface area (Å²) in [6.07, 6.45) is 5.02. The van der Waals surface area contributed by atoms with Gasteiger partial charge >= 0.3 is 5.97 Å². The van der Waals surface area contributed by atoms with Crippen molar-refractivity contribution in [3.63, 3.8) is 0 Å². The van der Waals surface area contributed by atoms with Gasteiger partial charge in [-0.05, 0) is 6.42 Å². The molecule has 0 spiro atoms. The van der Waals surface area contributed by atoms with E-state index in [1.807, 2.05) is 0 Å². The monoisotopic (exact) mass is 279 g/mol. The average Bonchev–Trinajstić information content (AvgIpc) is 3.04. The van der Waals surface area contributed by atoms with Crippen molar-refractivity contribution in [1.82, 2.24) is 25.1 Å². The summed E-state index contributed by atoms with van der Waals surface area (Å²) in [5.74, 6) is 0.330. The topological polar surface area (TPSA) is 107 Å². The van der Waals surface area contributed by atoms with Crippen LogP contribution in [-0.4, -0.2) is 36.2 Å². The second-order valence-electron chi connectivity index (χ2n) is 4.51. The fourth-order valence-electron chi connectivity index (χ4n) is 1.69. The highest BCUT2D eigenvalue weighted by Gasteiger charge is 2.09. The van der Waals surface area contributed by atoms with Crippen LogP contribution in [0.3, 0.4) is 0 Å². The molecule has 2 rings (SSSR count). The number of aromatic nitrogens is 5. The number of aryl methyl sites for hydroxylation is 2. The highest BCUT2D eigenvalue weighted by molar-refractivity contribution is 5.66. The third kappa shape index (κ3) is 4.15. The zero-order valence-electron chi connectivity index (χ0n) is 11.3. The zero-order valence-corrected chi connectivity index (χ0v) is 11.3. The summed E-state index contributed by atoms with van der Waals surface area (Å²) in [6, 6.07) is 0. The molecule has 0 fully saturated rings. The molecule has 0 aromatic carbocycles. The molecule has 108 valence electrons. The second-order valence-corrected chi connectivity index (χ2v) is 4.51. The summed E-state index contributed by atoms with van der Waals surface area (Å²) in [5.41, 5.74) is 0.637. The highest BCUT2D eigenvalue weighted by atomic mass is 16.5. The van der Waals surface area contributed by atoms with E-state index < -0.39 is 5.97 Å². The van der Waals surface area contributed by atoms with E-state index >= 15 is 0 Å². The number of hydrogen-bond acceptors (Lipinski definition) is 6. The van der Waals surface area contributed by atoms with Gasteiger partial charge in [0.25, 0.3) is 0 Å². The molecule has 8 heteroatoms. The molecule has 0 aliphatic heterocycles. The molecule has 0 amide bonds. The van der Waals surface area contributed by atoms with Crippen LogP contribution in [0.1, 0.15) is 43.6 Å². The second kappa shape index (κ2) is 6.78. The average molecular weight is 279 g/mol. The van der Waals surface area contributed by atoms with Gasteiger partial charge in [-0.25, -0.2) is 4.68 Å². The highest BCUT2D eigenvalue weighted by Crippen LogP contribution is 2.05. The number of carbonyl (C=O) groups is 1. The molecule has 8 nitrogen and oxygen atoms in total. The molecule has 2 aromatic heterocycles. The summed E-state index contributed by atoms with van der Waals surface area (Å²) < 4.78 is 6.69. The van der Waals surface area contributed by atoms with E-state index in [0.29, 0.717) is 30.4 Å².